The first kappa shape index (κ1) is 31.9. The van der Waals surface area contributed by atoms with E-state index in [4.69, 9.17) is 9.47 Å². The third-order valence-electron chi connectivity index (χ3n) is 7.27. The summed E-state index contributed by atoms with van der Waals surface area (Å²) < 4.78 is 42.7. The number of aromatic nitrogens is 4. The third-order valence-corrected chi connectivity index (χ3v) is 8.58. The van der Waals surface area contributed by atoms with E-state index >= 15 is 0 Å². The van der Waals surface area contributed by atoms with E-state index in [0.717, 1.165) is 28.0 Å². The van der Waals surface area contributed by atoms with E-state index in [1.165, 1.54) is 29.9 Å². The zero-order chi connectivity index (χ0) is 33.2. The molecule has 0 aliphatic carbocycles. The number of carbonyl (C=O) groups excluding carboxylic acids is 1. The molecule has 5 aromatic rings. The van der Waals surface area contributed by atoms with E-state index in [2.05, 4.69) is 25.8 Å². The average molecular weight is 666 g/mol. The van der Waals surface area contributed by atoms with Crippen LogP contribution in [0.1, 0.15) is 11.1 Å². The highest BCUT2D eigenvalue weighted by Gasteiger charge is 2.26. The van der Waals surface area contributed by atoms with E-state index in [1.807, 2.05) is 19.0 Å². The zero-order valence-electron chi connectivity index (χ0n) is 25.5. The summed E-state index contributed by atoms with van der Waals surface area (Å²) in [7, 11) is 4.97. The van der Waals surface area contributed by atoms with E-state index in [-0.39, 0.29) is 40.1 Å². The van der Waals surface area contributed by atoms with E-state index in [0.29, 0.717) is 34.9 Å². The predicted octanol–water partition coefficient (Wildman–Crippen LogP) is 3.52. The Hall–Kier alpha value is -5.03. The van der Waals surface area contributed by atoms with Crippen LogP contribution in [-0.4, -0.2) is 70.8 Å². The van der Waals surface area contributed by atoms with Gasteiger partial charge in [0.15, 0.2) is 5.82 Å². The van der Waals surface area contributed by atoms with Gasteiger partial charge in [-0.1, -0.05) is 18.2 Å². The Morgan fingerprint density at radius 3 is 2.36 bits per heavy atom. The first-order chi connectivity index (χ1) is 22.6. The molecule has 0 saturated carbocycles. The molecule has 1 saturated heterocycles. The molecule has 0 bridgehead atoms. The maximum Gasteiger partial charge on any atom is 0.343 e. The van der Waals surface area contributed by atoms with Gasteiger partial charge in [-0.05, 0) is 55.6 Å². The Balaban J connectivity index is 1.55. The Kier molecular flexibility index (Phi) is 9.08. The van der Waals surface area contributed by atoms with Crippen LogP contribution >= 0.6 is 11.3 Å². The fourth-order valence-electron chi connectivity index (χ4n) is 5.05. The predicted molar refractivity (Wildman–Crippen MR) is 170 cm³/mol. The van der Waals surface area contributed by atoms with Crippen molar-refractivity contribution in [3.63, 3.8) is 0 Å². The van der Waals surface area contributed by atoms with Gasteiger partial charge >= 0.3 is 11.7 Å². The van der Waals surface area contributed by atoms with Crippen LogP contribution in [0.5, 0.6) is 5.88 Å². The van der Waals surface area contributed by atoms with Crippen LogP contribution in [0.3, 0.4) is 0 Å². The van der Waals surface area contributed by atoms with Gasteiger partial charge in [-0.15, -0.1) is 21.5 Å². The van der Waals surface area contributed by atoms with Crippen LogP contribution in [0.4, 0.5) is 19.3 Å². The summed E-state index contributed by atoms with van der Waals surface area (Å²) in [5.41, 5.74) is 2.06. The second-order valence-electron chi connectivity index (χ2n) is 10.9. The number of rotatable bonds is 10. The minimum Gasteiger partial charge on any atom is -0.468 e. The molecule has 244 valence electrons. The summed E-state index contributed by atoms with van der Waals surface area (Å²) in [5.74, 6) is -1.58. The second-order valence-corrected chi connectivity index (χ2v) is 11.9. The average Bonchev–Trinajstić information content (AvgIpc) is 3.38. The Bertz CT molecular complexity index is 2040. The molecule has 0 radical (unpaired) electrons. The van der Waals surface area contributed by atoms with Gasteiger partial charge in [0, 0.05) is 28.7 Å². The van der Waals surface area contributed by atoms with Crippen LogP contribution in [0, 0.1) is 11.6 Å². The quantitative estimate of drug-likeness (QED) is 0.214. The second kappa shape index (κ2) is 13.4. The molecule has 2 amide bonds. The summed E-state index contributed by atoms with van der Waals surface area (Å²) in [6.07, 6.45) is -0.174. The number of ether oxygens (including phenoxy) is 2. The molecule has 2 N–H and O–H groups in total. The third kappa shape index (κ3) is 6.48. The number of nitrogens with zero attached hydrogens (tertiary/aromatic N) is 5. The van der Waals surface area contributed by atoms with Gasteiger partial charge in [0.25, 0.3) is 5.56 Å². The minimum atomic E-state index is -0.853. The monoisotopic (exact) mass is 665 g/mol. The summed E-state index contributed by atoms with van der Waals surface area (Å²) in [6.45, 7) is 0.612. The summed E-state index contributed by atoms with van der Waals surface area (Å²) in [5, 5.41) is 11.0. The van der Waals surface area contributed by atoms with Crippen molar-refractivity contribution in [3.05, 3.63) is 98.2 Å². The maximum atomic E-state index is 14.9. The first-order valence-corrected chi connectivity index (χ1v) is 15.1. The summed E-state index contributed by atoms with van der Waals surface area (Å²) in [6, 6.07) is 12.6. The SMILES string of the molecule is CONC(=O)Nc1ccc(-c2sc3c(c2CN(C)C)c(=O)n(-c2ccc(OC4COC4)nn2)c(=O)n3Cc2c(F)cccc2F)cc1. The number of thiophene rings is 1. The lowest BCUT2D eigenvalue weighted by Gasteiger charge is -2.25. The highest BCUT2D eigenvalue weighted by molar-refractivity contribution is 7.22. The number of anilines is 1. The highest BCUT2D eigenvalue weighted by Crippen LogP contribution is 2.38. The van der Waals surface area contributed by atoms with Crippen molar-refractivity contribution >= 4 is 33.3 Å². The van der Waals surface area contributed by atoms with Crippen LogP contribution < -0.4 is 26.8 Å². The molecule has 1 aliphatic heterocycles. The lowest BCUT2D eigenvalue weighted by molar-refractivity contribution is -0.0816. The van der Waals surface area contributed by atoms with Crippen molar-refractivity contribution < 1.29 is 27.9 Å². The number of hydroxylamine groups is 1. The summed E-state index contributed by atoms with van der Waals surface area (Å²) in [4.78, 5) is 47.7. The molecular weight excluding hydrogens is 636 g/mol. The van der Waals surface area contributed by atoms with Crippen LogP contribution in [0.25, 0.3) is 26.5 Å². The fraction of sp³-hybridized carbons (Fsp3) is 0.258. The number of benzene rings is 2. The fourth-order valence-corrected chi connectivity index (χ4v) is 6.36. The van der Waals surface area contributed by atoms with Crippen LogP contribution in [-0.2, 0) is 22.7 Å². The van der Waals surface area contributed by atoms with Gasteiger partial charge in [-0.2, -0.15) is 0 Å². The Labute approximate surface area is 269 Å². The molecule has 1 aliphatic rings. The molecule has 0 spiro atoms. The maximum absolute atomic E-state index is 14.9. The molecule has 0 atom stereocenters. The standard InChI is InChI=1S/C31H29F2N7O6S/c1-38(2)13-21-26-28(41)40(24-11-12-25(36-35-24)46-19-15-45-16-19)31(43)39(14-20-22(32)5-4-6-23(20)33)29(26)47-27(21)17-7-9-18(10-8-17)34-30(42)37-44-3/h4-12,19H,13-16H2,1-3H3,(H2,34,37,42). The molecule has 0 unspecified atom stereocenters. The molecule has 3 aromatic heterocycles. The van der Waals surface area contributed by atoms with Crippen molar-refractivity contribution in [3.8, 4) is 22.1 Å². The van der Waals surface area contributed by atoms with Gasteiger partial charge in [0.2, 0.25) is 5.88 Å². The van der Waals surface area contributed by atoms with Gasteiger partial charge < -0.3 is 19.7 Å². The number of hydrogen-bond donors (Lipinski definition) is 2. The van der Waals surface area contributed by atoms with Crippen molar-refractivity contribution in [1.29, 1.82) is 0 Å². The molecule has 1 fully saturated rings. The molecule has 2 aromatic carbocycles. The van der Waals surface area contributed by atoms with Crippen molar-refractivity contribution in [2.75, 3.05) is 39.7 Å². The molecular formula is C31H29F2N7O6S. The van der Waals surface area contributed by atoms with Crippen molar-refractivity contribution in [1.82, 2.24) is 29.7 Å². The number of fused-ring (bicyclic) bond motifs is 1. The van der Waals surface area contributed by atoms with E-state index < -0.39 is 35.5 Å². The lowest BCUT2D eigenvalue weighted by Crippen LogP contribution is -2.40. The zero-order valence-corrected chi connectivity index (χ0v) is 26.3. The molecule has 6 rings (SSSR count). The smallest absolute Gasteiger partial charge is 0.343 e. The number of urea groups is 1. The van der Waals surface area contributed by atoms with Gasteiger partial charge in [0.05, 0.1) is 32.3 Å². The van der Waals surface area contributed by atoms with Crippen LogP contribution in [0.15, 0.2) is 64.2 Å². The van der Waals surface area contributed by atoms with Gasteiger partial charge in [-0.3, -0.25) is 14.2 Å². The first-order valence-electron chi connectivity index (χ1n) is 14.3. The molecule has 47 heavy (non-hydrogen) atoms. The number of hydrogen-bond acceptors (Lipinski definition) is 10. The molecule has 4 heterocycles. The Morgan fingerprint density at radius 2 is 1.77 bits per heavy atom. The van der Waals surface area contributed by atoms with E-state index in [9.17, 15) is 23.2 Å². The summed E-state index contributed by atoms with van der Waals surface area (Å²) >= 11 is 1.15. The highest BCUT2D eigenvalue weighted by atomic mass is 32.1. The van der Waals surface area contributed by atoms with Gasteiger partial charge in [0.1, 0.15) is 22.6 Å². The van der Waals surface area contributed by atoms with Crippen molar-refractivity contribution in [2.45, 2.75) is 19.2 Å². The number of carbonyl (C=O) groups is 1. The van der Waals surface area contributed by atoms with Gasteiger partial charge in [-0.25, -0.2) is 28.4 Å². The molecule has 13 nitrogen and oxygen atoms in total. The number of amides is 2. The molecule has 16 heteroatoms. The normalized spacial score (nSPS) is 13.1. The van der Waals surface area contributed by atoms with Crippen molar-refractivity contribution in [2.24, 2.45) is 0 Å². The minimum absolute atomic E-state index is 0.0878. The largest absolute Gasteiger partial charge is 0.468 e. The topological polar surface area (TPSA) is 142 Å². The number of nitrogens with one attached hydrogen (secondary N) is 2. The van der Waals surface area contributed by atoms with Crippen LogP contribution in [0.2, 0.25) is 0 Å². The van der Waals surface area contributed by atoms with E-state index in [1.54, 1.807) is 24.3 Å². The Morgan fingerprint density at radius 1 is 1.04 bits per heavy atom. The number of halogens is 2. The lowest BCUT2D eigenvalue weighted by atomic mass is 10.1.